The van der Waals surface area contributed by atoms with Crippen molar-refractivity contribution in [3.05, 3.63) is 95.1 Å². The molecule has 0 aromatic heterocycles. The molecule has 0 aliphatic carbocycles. The molecule has 0 heterocycles. The molecule has 35 heavy (non-hydrogen) atoms. The molecule has 0 unspecified atom stereocenters. The Labute approximate surface area is 204 Å². The molecular formula is C27H27N3O5. The van der Waals surface area contributed by atoms with E-state index in [0.29, 0.717) is 34.8 Å². The lowest BCUT2D eigenvalue weighted by molar-refractivity contribution is -0.120. The van der Waals surface area contributed by atoms with Crippen molar-refractivity contribution < 1.29 is 23.9 Å². The van der Waals surface area contributed by atoms with E-state index in [-0.39, 0.29) is 12.5 Å². The van der Waals surface area contributed by atoms with E-state index < -0.39 is 11.9 Å². The molecule has 0 saturated heterocycles. The van der Waals surface area contributed by atoms with Crippen LogP contribution < -0.4 is 20.2 Å². The van der Waals surface area contributed by atoms with E-state index >= 15 is 0 Å². The number of ether oxygens (including phenoxy) is 2. The third-order valence-electron chi connectivity index (χ3n) is 4.75. The van der Waals surface area contributed by atoms with Crippen molar-refractivity contribution in [1.29, 1.82) is 0 Å². The lowest BCUT2D eigenvalue weighted by atomic mass is 10.1. The number of hydrazone groups is 1. The summed E-state index contributed by atoms with van der Waals surface area (Å²) < 4.78 is 10.9. The van der Waals surface area contributed by atoms with E-state index in [2.05, 4.69) is 15.8 Å². The van der Waals surface area contributed by atoms with Crippen LogP contribution in [0.25, 0.3) is 0 Å². The van der Waals surface area contributed by atoms with Crippen LogP contribution in [0, 0.1) is 6.92 Å². The summed E-state index contributed by atoms with van der Waals surface area (Å²) in [6.07, 6.45) is 2.35. The predicted octanol–water partition coefficient (Wildman–Crippen LogP) is 3.88. The van der Waals surface area contributed by atoms with Crippen LogP contribution in [-0.2, 0) is 4.79 Å². The molecule has 0 atom stereocenters. The molecule has 0 spiro atoms. The molecule has 180 valence electrons. The highest BCUT2D eigenvalue weighted by Crippen LogP contribution is 2.16. The molecule has 3 aromatic carbocycles. The van der Waals surface area contributed by atoms with E-state index in [0.717, 1.165) is 12.0 Å². The molecule has 0 bridgehead atoms. The van der Waals surface area contributed by atoms with Gasteiger partial charge >= 0.3 is 5.97 Å². The van der Waals surface area contributed by atoms with Gasteiger partial charge in [-0.3, -0.25) is 9.59 Å². The second kappa shape index (κ2) is 12.7. The number of hydrogen-bond donors (Lipinski definition) is 2. The zero-order valence-corrected chi connectivity index (χ0v) is 19.6. The number of benzene rings is 3. The Morgan fingerprint density at radius 2 is 1.63 bits per heavy atom. The van der Waals surface area contributed by atoms with Gasteiger partial charge in [0.25, 0.3) is 11.8 Å². The highest BCUT2D eigenvalue weighted by molar-refractivity contribution is 5.96. The zero-order chi connectivity index (χ0) is 25.0. The first-order valence-corrected chi connectivity index (χ1v) is 11.2. The molecule has 2 amide bonds. The maximum Gasteiger partial charge on any atom is 0.343 e. The smallest absolute Gasteiger partial charge is 0.343 e. The number of aryl methyl sites for hydroxylation is 1. The van der Waals surface area contributed by atoms with Gasteiger partial charge in [-0.1, -0.05) is 24.6 Å². The summed E-state index contributed by atoms with van der Waals surface area (Å²) in [6.45, 7) is 4.32. The summed E-state index contributed by atoms with van der Waals surface area (Å²) >= 11 is 0. The van der Waals surface area contributed by atoms with Crippen LogP contribution in [0.15, 0.2) is 77.9 Å². The van der Waals surface area contributed by atoms with E-state index in [1.54, 1.807) is 66.7 Å². The highest BCUT2D eigenvalue weighted by atomic mass is 16.5. The Bertz CT molecular complexity index is 1190. The molecule has 3 rings (SSSR count). The summed E-state index contributed by atoms with van der Waals surface area (Å²) in [7, 11) is 0. The summed E-state index contributed by atoms with van der Waals surface area (Å²) in [5.41, 5.74) is 4.90. The maximum atomic E-state index is 12.3. The number of esters is 1. The predicted molar refractivity (Wildman–Crippen MR) is 133 cm³/mol. The minimum Gasteiger partial charge on any atom is -0.494 e. The normalized spacial score (nSPS) is 10.6. The van der Waals surface area contributed by atoms with Crippen LogP contribution in [0.1, 0.15) is 45.2 Å². The number of nitrogens with zero attached hydrogens (tertiary/aromatic N) is 1. The summed E-state index contributed by atoms with van der Waals surface area (Å²) in [5.74, 6) is -0.194. The number of nitrogens with one attached hydrogen (secondary N) is 2. The van der Waals surface area contributed by atoms with Crippen molar-refractivity contribution in [1.82, 2.24) is 10.7 Å². The average Bonchev–Trinajstić information content (AvgIpc) is 2.87. The Hall–Kier alpha value is -4.46. The van der Waals surface area contributed by atoms with Gasteiger partial charge in [0.05, 0.1) is 24.9 Å². The molecule has 0 aliphatic rings. The van der Waals surface area contributed by atoms with Crippen LogP contribution in [0.4, 0.5) is 0 Å². The standard InChI is InChI=1S/C27H27N3O5/c1-3-15-34-23-13-9-21(10-14-23)27(33)35-24-11-7-20(8-12-24)17-29-30-25(31)18-28-26(32)22-6-4-5-19(2)16-22/h4-14,16-17H,3,15,18H2,1-2H3,(H,28,32)(H,30,31)/b29-17+. The minimum atomic E-state index is -0.478. The van der Waals surface area contributed by atoms with Crippen LogP contribution in [0.3, 0.4) is 0 Å². The number of carbonyl (C=O) groups is 3. The van der Waals surface area contributed by atoms with Gasteiger partial charge in [0.1, 0.15) is 11.5 Å². The Morgan fingerprint density at radius 3 is 2.31 bits per heavy atom. The molecule has 0 radical (unpaired) electrons. The quantitative estimate of drug-likeness (QED) is 0.201. The summed E-state index contributed by atoms with van der Waals surface area (Å²) in [4.78, 5) is 36.3. The second-order valence-electron chi connectivity index (χ2n) is 7.68. The van der Waals surface area contributed by atoms with E-state index in [1.807, 2.05) is 19.9 Å². The lowest BCUT2D eigenvalue weighted by Crippen LogP contribution is -2.34. The van der Waals surface area contributed by atoms with Crippen LogP contribution >= 0.6 is 0 Å². The van der Waals surface area contributed by atoms with Gasteiger partial charge in [0, 0.05) is 5.56 Å². The van der Waals surface area contributed by atoms with Gasteiger partial charge in [-0.15, -0.1) is 0 Å². The van der Waals surface area contributed by atoms with Crippen molar-refractivity contribution in [3.63, 3.8) is 0 Å². The zero-order valence-electron chi connectivity index (χ0n) is 19.6. The highest BCUT2D eigenvalue weighted by Gasteiger charge is 2.09. The van der Waals surface area contributed by atoms with Crippen molar-refractivity contribution in [2.75, 3.05) is 13.2 Å². The Balaban J connectivity index is 1.43. The van der Waals surface area contributed by atoms with Gasteiger partial charge in [0.15, 0.2) is 0 Å². The third kappa shape index (κ3) is 8.12. The first kappa shape index (κ1) is 25.2. The number of rotatable bonds is 10. The van der Waals surface area contributed by atoms with E-state index in [9.17, 15) is 14.4 Å². The SMILES string of the molecule is CCCOc1ccc(C(=O)Oc2ccc(/C=N/NC(=O)CNC(=O)c3cccc(C)c3)cc2)cc1. The fraction of sp³-hybridized carbons (Fsp3) is 0.185. The van der Waals surface area contributed by atoms with Crippen molar-refractivity contribution in [2.24, 2.45) is 5.10 Å². The fourth-order valence-corrected chi connectivity index (χ4v) is 2.96. The average molecular weight is 474 g/mol. The minimum absolute atomic E-state index is 0.204. The van der Waals surface area contributed by atoms with E-state index in [1.165, 1.54) is 6.21 Å². The molecule has 8 heteroatoms. The molecule has 3 aromatic rings. The first-order chi connectivity index (χ1) is 16.9. The molecule has 8 nitrogen and oxygen atoms in total. The monoisotopic (exact) mass is 473 g/mol. The molecule has 0 fully saturated rings. The van der Waals surface area contributed by atoms with E-state index in [4.69, 9.17) is 9.47 Å². The first-order valence-electron chi connectivity index (χ1n) is 11.2. The Morgan fingerprint density at radius 1 is 0.914 bits per heavy atom. The van der Waals surface area contributed by atoms with Crippen LogP contribution in [-0.4, -0.2) is 37.1 Å². The van der Waals surface area contributed by atoms with Crippen molar-refractivity contribution in [3.8, 4) is 11.5 Å². The number of carbonyl (C=O) groups excluding carboxylic acids is 3. The topological polar surface area (TPSA) is 106 Å². The third-order valence-corrected chi connectivity index (χ3v) is 4.75. The van der Waals surface area contributed by atoms with Gasteiger partial charge in [-0.25, -0.2) is 10.2 Å². The largest absolute Gasteiger partial charge is 0.494 e. The molecular weight excluding hydrogens is 446 g/mol. The molecule has 0 aliphatic heterocycles. The van der Waals surface area contributed by atoms with Gasteiger partial charge in [-0.05, 0) is 79.6 Å². The van der Waals surface area contributed by atoms with Gasteiger partial charge in [0.2, 0.25) is 0 Å². The van der Waals surface area contributed by atoms with Crippen LogP contribution in [0.2, 0.25) is 0 Å². The summed E-state index contributed by atoms with van der Waals surface area (Å²) in [6, 6.07) is 20.5. The van der Waals surface area contributed by atoms with Crippen molar-refractivity contribution >= 4 is 24.0 Å². The molecule has 2 N–H and O–H groups in total. The molecule has 0 saturated carbocycles. The second-order valence-corrected chi connectivity index (χ2v) is 7.68. The fourth-order valence-electron chi connectivity index (χ4n) is 2.96. The van der Waals surface area contributed by atoms with Crippen LogP contribution in [0.5, 0.6) is 11.5 Å². The number of hydrogen-bond acceptors (Lipinski definition) is 6. The maximum absolute atomic E-state index is 12.3. The van der Waals surface area contributed by atoms with Crippen molar-refractivity contribution in [2.45, 2.75) is 20.3 Å². The lowest BCUT2D eigenvalue weighted by Gasteiger charge is -2.07. The Kier molecular flexibility index (Phi) is 9.13. The number of amides is 2. The van der Waals surface area contributed by atoms with Gasteiger partial charge < -0.3 is 14.8 Å². The van der Waals surface area contributed by atoms with Gasteiger partial charge in [-0.2, -0.15) is 5.10 Å². The summed E-state index contributed by atoms with van der Waals surface area (Å²) in [5, 5.41) is 6.42.